The summed E-state index contributed by atoms with van der Waals surface area (Å²) in [6, 6.07) is 0. The average molecular weight is 188 g/mol. The number of hydrogen-bond donors (Lipinski definition) is 2. The van der Waals surface area contributed by atoms with E-state index in [9.17, 15) is 5.11 Å². The largest absolute Gasteiger partial charge is 0.396 e. The van der Waals surface area contributed by atoms with E-state index < -0.39 is 0 Å². The highest BCUT2D eigenvalue weighted by Crippen LogP contribution is 2.27. The van der Waals surface area contributed by atoms with Crippen LogP contribution in [-0.4, -0.2) is 22.9 Å². The van der Waals surface area contributed by atoms with Crippen molar-refractivity contribution in [3.63, 3.8) is 0 Å². The Morgan fingerprint density at radius 3 is 2.23 bits per heavy atom. The SMILES string of the molecule is CCCC(O)CCC(C)(CC)CO. The molecule has 0 fully saturated rings. The Labute approximate surface area is 82.0 Å². The highest BCUT2D eigenvalue weighted by atomic mass is 16.3. The molecule has 0 radical (unpaired) electrons. The first kappa shape index (κ1) is 12.9. The van der Waals surface area contributed by atoms with Gasteiger partial charge in [0.05, 0.1) is 6.10 Å². The maximum atomic E-state index is 9.52. The molecular formula is C11H24O2. The van der Waals surface area contributed by atoms with E-state index in [0.29, 0.717) is 0 Å². The smallest absolute Gasteiger partial charge is 0.0540 e. The van der Waals surface area contributed by atoms with Crippen LogP contribution in [0.3, 0.4) is 0 Å². The van der Waals surface area contributed by atoms with Crippen molar-refractivity contribution < 1.29 is 10.2 Å². The van der Waals surface area contributed by atoms with Gasteiger partial charge in [-0.2, -0.15) is 0 Å². The minimum absolute atomic E-state index is 0.00865. The first-order valence-corrected chi connectivity index (χ1v) is 5.37. The van der Waals surface area contributed by atoms with E-state index in [1.54, 1.807) is 0 Å². The first-order valence-electron chi connectivity index (χ1n) is 5.37. The van der Waals surface area contributed by atoms with Crippen LogP contribution in [0.5, 0.6) is 0 Å². The van der Waals surface area contributed by atoms with Crippen LogP contribution in [0.4, 0.5) is 0 Å². The molecule has 2 nitrogen and oxygen atoms in total. The minimum atomic E-state index is -0.178. The Hall–Kier alpha value is -0.0800. The van der Waals surface area contributed by atoms with E-state index in [0.717, 1.165) is 32.1 Å². The molecule has 2 unspecified atom stereocenters. The van der Waals surface area contributed by atoms with Gasteiger partial charge in [-0.25, -0.2) is 0 Å². The van der Waals surface area contributed by atoms with Crippen molar-refractivity contribution in [3.05, 3.63) is 0 Å². The second kappa shape index (κ2) is 6.39. The quantitative estimate of drug-likeness (QED) is 0.644. The molecule has 80 valence electrons. The van der Waals surface area contributed by atoms with Crippen molar-refractivity contribution in [1.29, 1.82) is 0 Å². The van der Waals surface area contributed by atoms with Crippen LogP contribution in [0.1, 0.15) is 52.9 Å². The van der Waals surface area contributed by atoms with Gasteiger partial charge in [0.25, 0.3) is 0 Å². The molecule has 0 aliphatic rings. The molecule has 0 heterocycles. The highest BCUT2D eigenvalue weighted by molar-refractivity contribution is 4.73. The summed E-state index contributed by atoms with van der Waals surface area (Å²) in [5.74, 6) is 0. The molecule has 0 aromatic heterocycles. The Balaban J connectivity index is 3.71. The third-order valence-corrected chi connectivity index (χ3v) is 2.94. The summed E-state index contributed by atoms with van der Waals surface area (Å²) in [6.07, 6.45) is 4.44. The first-order chi connectivity index (χ1) is 6.08. The van der Waals surface area contributed by atoms with Gasteiger partial charge in [-0.1, -0.05) is 27.2 Å². The van der Waals surface area contributed by atoms with Crippen LogP contribution >= 0.6 is 0 Å². The van der Waals surface area contributed by atoms with E-state index in [-0.39, 0.29) is 18.1 Å². The molecule has 0 spiro atoms. The molecule has 2 heteroatoms. The lowest BCUT2D eigenvalue weighted by Gasteiger charge is -2.26. The maximum absolute atomic E-state index is 9.52. The molecule has 0 bridgehead atoms. The molecule has 0 saturated carbocycles. The summed E-state index contributed by atoms with van der Waals surface area (Å²) in [5.41, 5.74) is 0.00865. The lowest BCUT2D eigenvalue weighted by atomic mass is 9.82. The maximum Gasteiger partial charge on any atom is 0.0540 e. The molecular weight excluding hydrogens is 164 g/mol. The number of aliphatic hydroxyl groups excluding tert-OH is 2. The zero-order valence-electron chi connectivity index (χ0n) is 9.21. The van der Waals surface area contributed by atoms with Crippen LogP contribution < -0.4 is 0 Å². The zero-order chi connectivity index (χ0) is 10.3. The fourth-order valence-electron chi connectivity index (χ4n) is 1.36. The van der Waals surface area contributed by atoms with Gasteiger partial charge in [0, 0.05) is 6.61 Å². The molecule has 0 rings (SSSR count). The topological polar surface area (TPSA) is 40.5 Å². The molecule has 0 aromatic rings. The number of rotatable bonds is 7. The van der Waals surface area contributed by atoms with Crippen LogP contribution in [0.15, 0.2) is 0 Å². The van der Waals surface area contributed by atoms with E-state index in [4.69, 9.17) is 5.11 Å². The van der Waals surface area contributed by atoms with Gasteiger partial charge in [0.1, 0.15) is 0 Å². The van der Waals surface area contributed by atoms with Gasteiger partial charge in [0.2, 0.25) is 0 Å². The lowest BCUT2D eigenvalue weighted by molar-refractivity contribution is 0.0894. The second-order valence-electron chi connectivity index (χ2n) is 4.30. The minimum Gasteiger partial charge on any atom is -0.396 e. The fraction of sp³-hybridized carbons (Fsp3) is 1.00. The summed E-state index contributed by atoms with van der Waals surface area (Å²) >= 11 is 0. The summed E-state index contributed by atoms with van der Waals surface area (Å²) in [6.45, 7) is 6.46. The Bertz CT molecular complexity index is 119. The third-order valence-electron chi connectivity index (χ3n) is 2.94. The summed E-state index contributed by atoms with van der Waals surface area (Å²) in [7, 11) is 0. The lowest BCUT2D eigenvalue weighted by Crippen LogP contribution is -2.22. The second-order valence-corrected chi connectivity index (χ2v) is 4.30. The van der Waals surface area contributed by atoms with Gasteiger partial charge in [-0.15, -0.1) is 0 Å². The van der Waals surface area contributed by atoms with E-state index in [2.05, 4.69) is 20.8 Å². The predicted octanol–water partition coefficient (Wildman–Crippen LogP) is 2.34. The van der Waals surface area contributed by atoms with E-state index in [1.165, 1.54) is 0 Å². The summed E-state index contributed by atoms with van der Waals surface area (Å²) in [5, 5.41) is 18.7. The van der Waals surface area contributed by atoms with Crippen molar-refractivity contribution in [2.45, 2.75) is 59.0 Å². The molecule has 0 aliphatic carbocycles. The van der Waals surface area contributed by atoms with Crippen LogP contribution in [0.25, 0.3) is 0 Å². The van der Waals surface area contributed by atoms with Gasteiger partial charge in [-0.3, -0.25) is 0 Å². The summed E-state index contributed by atoms with van der Waals surface area (Å²) < 4.78 is 0. The third kappa shape index (κ3) is 5.27. The molecule has 2 atom stereocenters. The monoisotopic (exact) mass is 188 g/mol. The van der Waals surface area contributed by atoms with Crippen molar-refractivity contribution in [2.24, 2.45) is 5.41 Å². The van der Waals surface area contributed by atoms with Gasteiger partial charge >= 0.3 is 0 Å². The van der Waals surface area contributed by atoms with E-state index in [1.807, 2.05) is 0 Å². The molecule has 13 heavy (non-hydrogen) atoms. The van der Waals surface area contributed by atoms with Crippen molar-refractivity contribution in [1.82, 2.24) is 0 Å². The molecule has 2 N–H and O–H groups in total. The van der Waals surface area contributed by atoms with Crippen molar-refractivity contribution >= 4 is 0 Å². The normalized spacial score (nSPS) is 18.2. The van der Waals surface area contributed by atoms with Gasteiger partial charge in [0.15, 0.2) is 0 Å². The van der Waals surface area contributed by atoms with Crippen LogP contribution in [0, 0.1) is 5.41 Å². The van der Waals surface area contributed by atoms with E-state index >= 15 is 0 Å². The molecule has 0 saturated heterocycles. The van der Waals surface area contributed by atoms with Crippen LogP contribution in [0.2, 0.25) is 0 Å². The predicted molar refractivity (Wildman–Crippen MR) is 55.6 cm³/mol. The van der Waals surface area contributed by atoms with Gasteiger partial charge < -0.3 is 10.2 Å². The Kier molecular flexibility index (Phi) is 6.35. The van der Waals surface area contributed by atoms with Crippen LogP contribution in [-0.2, 0) is 0 Å². The van der Waals surface area contributed by atoms with Gasteiger partial charge in [-0.05, 0) is 31.1 Å². The number of hydrogen-bond acceptors (Lipinski definition) is 2. The summed E-state index contributed by atoms with van der Waals surface area (Å²) in [4.78, 5) is 0. The molecule has 0 aliphatic heterocycles. The van der Waals surface area contributed by atoms with Crippen molar-refractivity contribution in [3.8, 4) is 0 Å². The standard InChI is InChI=1S/C11H24O2/c1-4-6-10(13)7-8-11(3,5-2)9-12/h10,12-13H,4-9H2,1-3H3. The average Bonchev–Trinajstić information content (AvgIpc) is 2.15. The Morgan fingerprint density at radius 1 is 1.23 bits per heavy atom. The van der Waals surface area contributed by atoms with Crippen molar-refractivity contribution in [2.75, 3.05) is 6.61 Å². The molecule has 0 amide bonds. The Morgan fingerprint density at radius 2 is 1.85 bits per heavy atom. The number of aliphatic hydroxyl groups is 2. The zero-order valence-corrected chi connectivity index (χ0v) is 9.21. The fourth-order valence-corrected chi connectivity index (χ4v) is 1.36. The molecule has 0 aromatic carbocycles. The highest BCUT2D eigenvalue weighted by Gasteiger charge is 2.21.